The van der Waals surface area contributed by atoms with Crippen molar-refractivity contribution in [1.82, 2.24) is 10.2 Å². The van der Waals surface area contributed by atoms with Crippen molar-refractivity contribution < 1.29 is 19.4 Å². The van der Waals surface area contributed by atoms with E-state index in [4.69, 9.17) is 9.84 Å². The number of nitrogens with one attached hydrogen (secondary N) is 1. The summed E-state index contributed by atoms with van der Waals surface area (Å²) >= 11 is 0. The molecule has 0 saturated carbocycles. The second kappa shape index (κ2) is 7.91. The lowest BCUT2D eigenvalue weighted by Crippen LogP contribution is -2.39. The Balaban J connectivity index is 1.63. The maximum absolute atomic E-state index is 12.6. The Bertz CT molecular complexity index is 789. The molecular formula is C20H22N2O4. The second-order valence-electron chi connectivity index (χ2n) is 6.29. The van der Waals surface area contributed by atoms with Gasteiger partial charge in [0.15, 0.2) is 0 Å². The first kappa shape index (κ1) is 17.8. The number of likely N-dealkylation sites (tertiary alicyclic amines) is 1. The first-order chi connectivity index (χ1) is 12.6. The zero-order valence-corrected chi connectivity index (χ0v) is 14.6. The third-order valence-electron chi connectivity index (χ3n) is 4.64. The van der Waals surface area contributed by atoms with Gasteiger partial charge in [0.1, 0.15) is 5.75 Å². The van der Waals surface area contributed by atoms with Gasteiger partial charge in [-0.05, 0) is 48.2 Å². The summed E-state index contributed by atoms with van der Waals surface area (Å²) in [7, 11) is 1.63. The predicted molar refractivity (Wildman–Crippen MR) is 97.3 cm³/mol. The van der Waals surface area contributed by atoms with Gasteiger partial charge in [-0.25, -0.2) is 9.59 Å². The molecule has 0 radical (unpaired) electrons. The normalized spacial score (nSPS) is 16.3. The summed E-state index contributed by atoms with van der Waals surface area (Å²) in [6.07, 6.45) is 1.89. The number of carboxylic acids is 1. The van der Waals surface area contributed by atoms with Gasteiger partial charge in [0.25, 0.3) is 0 Å². The largest absolute Gasteiger partial charge is 0.497 e. The van der Waals surface area contributed by atoms with Crippen molar-refractivity contribution >= 4 is 12.0 Å². The minimum Gasteiger partial charge on any atom is -0.497 e. The van der Waals surface area contributed by atoms with E-state index in [2.05, 4.69) is 5.32 Å². The zero-order valence-electron chi connectivity index (χ0n) is 14.6. The molecule has 1 unspecified atom stereocenters. The molecule has 1 aliphatic rings. The number of nitrogens with zero attached hydrogens (tertiary/aromatic N) is 1. The standard InChI is InChI=1S/C20H22N2O4/c1-26-17-5-2-4-16(12-17)18-6-3-11-22(18)20(25)21-13-14-7-9-15(10-8-14)19(23)24/h2,4-5,7-10,12,18H,3,6,11,13H2,1H3,(H,21,25)(H,23,24). The SMILES string of the molecule is COc1cccc(C2CCCN2C(=O)NCc2ccc(C(=O)O)cc2)c1. The first-order valence-electron chi connectivity index (χ1n) is 8.59. The van der Waals surface area contributed by atoms with Crippen LogP contribution in [-0.4, -0.2) is 35.7 Å². The van der Waals surface area contributed by atoms with E-state index in [1.54, 1.807) is 31.4 Å². The van der Waals surface area contributed by atoms with Crippen molar-refractivity contribution in [2.45, 2.75) is 25.4 Å². The maximum Gasteiger partial charge on any atom is 0.335 e. The molecule has 1 heterocycles. The van der Waals surface area contributed by atoms with E-state index in [1.165, 1.54) is 0 Å². The van der Waals surface area contributed by atoms with Crippen molar-refractivity contribution in [2.75, 3.05) is 13.7 Å². The number of hydrogen-bond donors (Lipinski definition) is 2. The number of amides is 2. The smallest absolute Gasteiger partial charge is 0.335 e. The number of hydrogen-bond acceptors (Lipinski definition) is 3. The van der Waals surface area contributed by atoms with Gasteiger partial charge in [0, 0.05) is 13.1 Å². The van der Waals surface area contributed by atoms with Crippen LogP contribution < -0.4 is 10.1 Å². The van der Waals surface area contributed by atoms with Crippen molar-refractivity contribution in [1.29, 1.82) is 0 Å². The van der Waals surface area contributed by atoms with Gasteiger partial charge in [-0.15, -0.1) is 0 Å². The van der Waals surface area contributed by atoms with Gasteiger partial charge in [-0.3, -0.25) is 0 Å². The fraction of sp³-hybridized carbons (Fsp3) is 0.300. The van der Waals surface area contributed by atoms with Crippen LogP contribution in [-0.2, 0) is 6.54 Å². The van der Waals surface area contributed by atoms with Crippen molar-refractivity contribution in [3.05, 3.63) is 65.2 Å². The van der Waals surface area contributed by atoms with Crippen LogP contribution in [0.1, 0.15) is 40.4 Å². The molecule has 0 aliphatic carbocycles. The fourth-order valence-electron chi connectivity index (χ4n) is 3.25. The summed E-state index contributed by atoms with van der Waals surface area (Å²) in [4.78, 5) is 25.4. The number of urea groups is 1. The van der Waals surface area contributed by atoms with Gasteiger partial charge in [0.2, 0.25) is 0 Å². The highest BCUT2D eigenvalue weighted by molar-refractivity contribution is 5.87. The van der Waals surface area contributed by atoms with Crippen LogP contribution in [0, 0.1) is 0 Å². The van der Waals surface area contributed by atoms with Crippen LogP contribution in [0.25, 0.3) is 0 Å². The van der Waals surface area contributed by atoms with Gasteiger partial charge in [-0.1, -0.05) is 24.3 Å². The number of methoxy groups -OCH3 is 1. The molecule has 2 aromatic carbocycles. The number of rotatable bonds is 5. The van der Waals surface area contributed by atoms with E-state index < -0.39 is 5.97 Å². The van der Waals surface area contributed by atoms with Crippen LogP contribution in [0.15, 0.2) is 48.5 Å². The Kier molecular flexibility index (Phi) is 5.41. The number of benzene rings is 2. The summed E-state index contributed by atoms with van der Waals surface area (Å²) in [5.41, 5.74) is 2.17. The Hall–Kier alpha value is -3.02. The van der Waals surface area contributed by atoms with E-state index in [-0.39, 0.29) is 17.6 Å². The van der Waals surface area contributed by atoms with Gasteiger partial charge < -0.3 is 20.1 Å². The summed E-state index contributed by atoms with van der Waals surface area (Å²) in [5.74, 6) is -0.174. The molecule has 6 heteroatoms. The van der Waals surface area contributed by atoms with Crippen LogP contribution in [0.3, 0.4) is 0 Å². The lowest BCUT2D eigenvalue weighted by molar-refractivity contribution is 0.0697. The molecule has 0 aromatic heterocycles. The molecular weight excluding hydrogens is 332 g/mol. The monoisotopic (exact) mass is 354 g/mol. The van der Waals surface area contributed by atoms with Gasteiger partial charge >= 0.3 is 12.0 Å². The van der Waals surface area contributed by atoms with Crippen LogP contribution in [0.4, 0.5) is 4.79 Å². The quantitative estimate of drug-likeness (QED) is 0.862. The van der Waals surface area contributed by atoms with E-state index in [0.29, 0.717) is 13.1 Å². The Morgan fingerprint density at radius 1 is 1.23 bits per heavy atom. The molecule has 3 rings (SSSR count). The number of ether oxygens (including phenoxy) is 1. The zero-order chi connectivity index (χ0) is 18.5. The minimum absolute atomic E-state index is 0.0412. The Morgan fingerprint density at radius 3 is 2.69 bits per heavy atom. The lowest BCUT2D eigenvalue weighted by Gasteiger charge is -2.25. The first-order valence-corrected chi connectivity index (χ1v) is 8.59. The number of carbonyl (C=O) groups excluding carboxylic acids is 1. The predicted octanol–water partition coefficient (Wildman–Crippen LogP) is 3.44. The number of aromatic carboxylic acids is 1. The summed E-state index contributed by atoms with van der Waals surface area (Å²) in [5, 5.41) is 11.9. The van der Waals surface area contributed by atoms with Crippen molar-refractivity contribution in [3.63, 3.8) is 0 Å². The fourth-order valence-corrected chi connectivity index (χ4v) is 3.25. The molecule has 0 bridgehead atoms. The topological polar surface area (TPSA) is 78.9 Å². The second-order valence-corrected chi connectivity index (χ2v) is 6.29. The van der Waals surface area contributed by atoms with E-state index in [1.807, 2.05) is 29.2 Å². The molecule has 1 atom stereocenters. The maximum atomic E-state index is 12.6. The molecule has 1 fully saturated rings. The summed E-state index contributed by atoms with van der Waals surface area (Å²) in [6, 6.07) is 14.3. The van der Waals surface area contributed by atoms with Gasteiger partial charge in [0.05, 0.1) is 18.7 Å². The third-order valence-corrected chi connectivity index (χ3v) is 4.64. The molecule has 2 N–H and O–H groups in total. The molecule has 1 saturated heterocycles. The summed E-state index contributed by atoms with van der Waals surface area (Å²) < 4.78 is 5.28. The third kappa shape index (κ3) is 3.96. The highest BCUT2D eigenvalue weighted by Gasteiger charge is 2.30. The highest BCUT2D eigenvalue weighted by atomic mass is 16.5. The van der Waals surface area contributed by atoms with Crippen molar-refractivity contribution in [2.24, 2.45) is 0 Å². The minimum atomic E-state index is -0.959. The number of carbonyl (C=O) groups is 2. The van der Waals surface area contributed by atoms with E-state index >= 15 is 0 Å². The Labute approximate surface area is 152 Å². The molecule has 1 aliphatic heterocycles. The van der Waals surface area contributed by atoms with E-state index in [0.717, 1.165) is 29.7 Å². The molecule has 6 nitrogen and oxygen atoms in total. The lowest BCUT2D eigenvalue weighted by atomic mass is 10.0. The van der Waals surface area contributed by atoms with Crippen LogP contribution in [0.5, 0.6) is 5.75 Å². The number of carboxylic acid groups (broad SMARTS) is 1. The molecule has 136 valence electrons. The average molecular weight is 354 g/mol. The van der Waals surface area contributed by atoms with Crippen LogP contribution in [0.2, 0.25) is 0 Å². The summed E-state index contributed by atoms with van der Waals surface area (Å²) in [6.45, 7) is 1.08. The Morgan fingerprint density at radius 2 is 2.00 bits per heavy atom. The highest BCUT2D eigenvalue weighted by Crippen LogP contribution is 2.33. The molecule has 0 spiro atoms. The van der Waals surface area contributed by atoms with Gasteiger partial charge in [-0.2, -0.15) is 0 Å². The molecule has 26 heavy (non-hydrogen) atoms. The van der Waals surface area contributed by atoms with E-state index in [9.17, 15) is 9.59 Å². The molecule has 2 amide bonds. The van der Waals surface area contributed by atoms with Crippen LogP contribution >= 0.6 is 0 Å². The van der Waals surface area contributed by atoms with Crippen molar-refractivity contribution in [3.8, 4) is 5.75 Å². The molecule has 2 aromatic rings. The average Bonchev–Trinajstić information content (AvgIpc) is 3.16.